The average molecular weight is 177 g/mol. The van der Waals surface area contributed by atoms with Gasteiger partial charge in [0.15, 0.2) is 5.58 Å². The van der Waals surface area contributed by atoms with E-state index in [1.165, 1.54) is 0 Å². The molecular weight excluding hydrogens is 166 g/mol. The van der Waals surface area contributed by atoms with Crippen LogP contribution in [0.4, 0.5) is 0 Å². The second-order valence-electron chi connectivity index (χ2n) is 3.18. The summed E-state index contributed by atoms with van der Waals surface area (Å²) in [6, 6.07) is 5.84. The number of aromatic nitrogens is 1. The summed E-state index contributed by atoms with van der Waals surface area (Å²) in [5.74, 6) is 0.0941. The van der Waals surface area contributed by atoms with Crippen molar-refractivity contribution in [1.29, 1.82) is 0 Å². The second kappa shape index (κ2) is 3.18. The highest BCUT2D eigenvalue weighted by molar-refractivity contribution is 5.79. The number of nitrogens with zero attached hydrogens (tertiary/aromatic N) is 1. The van der Waals surface area contributed by atoms with Crippen LogP contribution in [0.1, 0.15) is 18.4 Å². The van der Waals surface area contributed by atoms with Crippen molar-refractivity contribution in [2.24, 2.45) is 0 Å². The van der Waals surface area contributed by atoms with Gasteiger partial charge in [0.05, 0.1) is 6.20 Å². The molecule has 0 saturated heterocycles. The van der Waals surface area contributed by atoms with Crippen molar-refractivity contribution in [3.05, 3.63) is 30.0 Å². The smallest absolute Gasteiger partial charge is 0.170 e. The number of benzene rings is 1. The molecule has 2 rings (SSSR count). The lowest BCUT2D eigenvalue weighted by molar-refractivity contribution is 0.272. The van der Waals surface area contributed by atoms with Crippen molar-refractivity contribution >= 4 is 11.0 Å². The summed E-state index contributed by atoms with van der Waals surface area (Å²) in [5.41, 5.74) is 1.79. The Labute approximate surface area is 76.0 Å². The van der Waals surface area contributed by atoms with E-state index in [0.717, 1.165) is 16.5 Å². The highest BCUT2D eigenvalue weighted by Crippen LogP contribution is 2.24. The molecule has 0 amide bonds. The van der Waals surface area contributed by atoms with E-state index in [0.29, 0.717) is 0 Å². The zero-order valence-electron chi connectivity index (χ0n) is 7.40. The first-order valence-electron chi connectivity index (χ1n) is 4.27. The molecule has 1 aromatic heterocycles. The molecule has 0 bridgehead atoms. The number of fused-ring (bicyclic) bond motifs is 1. The van der Waals surface area contributed by atoms with Gasteiger partial charge in [0.25, 0.3) is 0 Å². The number of aliphatic hydroxyl groups is 1. The predicted octanol–water partition coefficient (Wildman–Crippen LogP) is 1.92. The van der Waals surface area contributed by atoms with Crippen LogP contribution in [0.15, 0.2) is 28.9 Å². The van der Waals surface area contributed by atoms with Gasteiger partial charge in [-0.25, -0.2) is 0 Å². The van der Waals surface area contributed by atoms with Crippen LogP contribution in [0.3, 0.4) is 0 Å². The normalized spacial score (nSPS) is 13.4. The molecule has 0 aliphatic heterocycles. The van der Waals surface area contributed by atoms with Crippen LogP contribution < -0.4 is 0 Å². The summed E-state index contributed by atoms with van der Waals surface area (Å²) in [4.78, 5) is 0. The lowest BCUT2D eigenvalue weighted by atomic mass is 10.0. The van der Waals surface area contributed by atoms with Gasteiger partial charge in [0.1, 0.15) is 0 Å². The Hall–Kier alpha value is -1.35. The largest absolute Gasteiger partial charge is 0.396 e. The summed E-state index contributed by atoms with van der Waals surface area (Å²) >= 11 is 0. The van der Waals surface area contributed by atoms with Gasteiger partial charge in [-0.3, -0.25) is 0 Å². The van der Waals surface area contributed by atoms with Crippen molar-refractivity contribution in [3.8, 4) is 0 Å². The number of rotatable bonds is 2. The van der Waals surface area contributed by atoms with E-state index in [4.69, 9.17) is 9.63 Å². The van der Waals surface area contributed by atoms with Gasteiger partial charge in [0, 0.05) is 23.5 Å². The Morgan fingerprint density at radius 1 is 1.54 bits per heavy atom. The molecule has 13 heavy (non-hydrogen) atoms. The van der Waals surface area contributed by atoms with Gasteiger partial charge in [-0.05, 0) is 6.07 Å². The summed E-state index contributed by atoms with van der Waals surface area (Å²) in [6.45, 7) is 2.08. The monoisotopic (exact) mass is 177 g/mol. The maximum Gasteiger partial charge on any atom is 0.170 e. The SMILES string of the molecule is CC(CO)c1cccc2cnoc12. The molecule has 0 aliphatic rings. The highest BCUT2D eigenvalue weighted by Gasteiger charge is 2.10. The number of aliphatic hydroxyl groups excluding tert-OH is 1. The topological polar surface area (TPSA) is 46.3 Å². The van der Waals surface area contributed by atoms with E-state index in [-0.39, 0.29) is 12.5 Å². The quantitative estimate of drug-likeness (QED) is 0.762. The van der Waals surface area contributed by atoms with Crippen LogP contribution in [0.25, 0.3) is 11.0 Å². The molecule has 3 nitrogen and oxygen atoms in total. The molecule has 1 N–H and O–H groups in total. The van der Waals surface area contributed by atoms with Gasteiger partial charge >= 0.3 is 0 Å². The van der Waals surface area contributed by atoms with Gasteiger partial charge in [-0.1, -0.05) is 24.2 Å². The van der Waals surface area contributed by atoms with Gasteiger partial charge < -0.3 is 9.63 Å². The fourth-order valence-electron chi connectivity index (χ4n) is 1.40. The fourth-order valence-corrected chi connectivity index (χ4v) is 1.40. The molecular formula is C10H11NO2. The highest BCUT2D eigenvalue weighted by atomic mass is 16.5. The number of hydrogen-bond acceptors (Lipinski definition) is 3. The second-order valence-corrected chi connectivity index (χ2v) is 3.18. The van der Waals surface area contributed by atoms with Crippen LogP contribution in [-0.2, 0) is 0 Å². The Balaban J connectivity index is 2.60. The molecule has 2 aromatic rings. The molecule has 3 heteroatoms. The minimum atomic E-state index is 0.0941. The number of hydrogen-bond donors (Lipinski definition) is 1. The molecule has 68 valence electrons. The minimum absolute atomic E-state index is 0.0941. The van der Waals surface area contributed by atoms with E-state index in [9.17, 15) is 0 Å². The predicted molar refractivity (Wildman–Crippen MR) is 49.5 cm³/mol. The summed E-state index contributed by atoms with van der Waals surface area (Å²) in [5, 5.41) is 13.7. The third-order valence-electron chi connectivity index (χ3n) is 2.22. The van der Waals surface area contributed by atoms with E-state index in [1.54, 1.807) is 6.20 Å². The first kappa shape index (κ1) is 8.26. The lowest BCUT2D eigenvalue weighted by Crippen LogP contribution is -1.98. The Morgan fingerprint density at radius 2 is 2.38 bits per heavy atom. The van der Waals surface area contributed by atoms with Crippen molar-refractivity contribution < 1.29 is 9.63 Å². The van der Waals surface area contributed by atoms with Crippen molar-refractivity contribution in [2.45, 2.75) is 12.8 Å². The third kappa shape index (κ3) is 1.31. The van der Waals surface area contributed by atoms with Crippen LogP contribution in [0.2, 0.25) is 0 Å². The summed E-state index contributed by atoms with van der Waals surface area (Å²) in [6.07, 6.45) is 1.68. The Bertz CT molecular complexity index is 408. The van der Waals surface area contributed by atoms with Gasteiger partial charge in [0.2, 0.25) is 0 Å². The van der Waals surface area contributed by atoms with Crippen molar-refractivity contribution in [3.63, 3.8) is 0 Å². The molecule has 0 saturated carbocycles. The Kier molecular flexibility index (Phi) is 2.02. The van der Waals surface area contributed by atoms with Crippen LogP contribution in [0, 0.1) is 0 Å². The first-order chi connectivity index (χ1) is 6.33. The first-order valence-corrected chi connectivity index (χ1v) is 4.27. The zero-order valence-corrected chi connectivity index (χ0v) is 7.40. The maximum absolute atomic E-state index is 9.02. The molecule has 1 atom stereocenters. The van der Waals surface area contributed by atoms with Crippen molar-refractivity contribution in [1.82, 2.24) is 5.16 Å². The summed E-state index contributed by atoms with van der Waals surface area (Å²) in [7, 11) is 0. The molecule has 0 radical (unpaired) electrons. The fraction of sp³-hybridized carbons (Fsp3) is 0.300. The molecule has 0 aliphatic carbocycles. The molecule has 1 aromatic carbocycles. The van der Waals surface area contributed by atoms with Gasteiger partial charge in [-0.2, -0.15) is 0 Å². The Morgan fingerprint density at radius 3 is 3.15 bits per heavy atom. The van der Waals surface area contributed by atoms with E-state index >= 15 is 0 Å². The minimum Gasteiger partial charge on any atom is -0.396 e. The van der Waals surface area contributed by atoms with E-state index in [1.807, 2.05) is 25.1 Å². The zero-order chi connectivity index (χ0) is 9.26. The molecule has 1 unspecified atom stereocenters. The van der Waals surface area contributed by atoms with Gasteiger partial charge in [-0.15, -0.1) is 0 Å². The van der Waals surface area contributed by atoms with Crippen LogP contribution in [-0.4, -0.2) is 16.9 Å². The molecule has 0 spiro atoms. The average Bonchev–Trinajstić information content (AvgIpc) is 2.63. The maximum atomic E-state index is 9.02. The van der Waals surface area contributed by atoms with E-state index < -0.39 is 0 Å². The number of para-hydroxylation sites is 1. The lowest BCUT2D eigenvalue weighted by Gasteiger charge is -2.06. The standard InChI is InChI=1S/C10H11NO2/c1-7(6-12)9-4-2-3-8-5-11-13-10(8)9/h2-5,7,12H,6H2,1H3. The van der Waals surface area contributed by atoms with Crippen LogP contribution >= 0.6 is 0 Å². The molecule has 1 heterocycles. The van der Waals surface area contributed by atoms with Crippen LogP contribution in [0.5, 0.6) is 0 Å². The van der Waals surface area contributed by atoms with E-state index in [2.05, 4.69) is 5.16 Å². The third-order valence-corrected chi connectivity index (χ3v) is 2.22. The summed E-state index contributed by atoms with van der Waals surface area (Å²) < 4.78 is 5.11. The molecule has 0 fully saturated rings. The van der Waals surface area contributed by atoms with Crippen molar-refractivity contribution in [2.75, 3.05) is 6.61 Å².